The second kappa shape index (κ2) is 6.10. The standard InChI is InChI=1S/C15H24N2O/c1-4-18-15-7-5-14(6-8-15)17-10-9-12(2)16-11-13(17)3/h5-8,12-13,16H,4,9-11H2,1-3H3. The molecular formula is C15H24N2O. The third kappa shape index (κ3) is 3.16. The molecule has 1 N–H and O–H groups in total. The first-order valence-electron chi connectivity index (χ1n) is 6.93. The lowest BCUT2D eigenvalue weighted by molar-refractivity contribution is 0.340. The fraction of sp³-hybridized carbons (Fsp3) is 0.600. The SMILES string of the molecule is CCOc1ccc(N2CCC(C)NCC2C)cc1. The molecule has 0 amide bonds. The van der Waals surface area contributed by atoms with Crippen LogP contribution in [-0.2, 0) is 0 Å². The van der Waals surface area contributed by atoms with Gasteiger partial charge in [0.15, 0.2) is 0 Å². The second-order valence-electron chi connectivity index (χ2n) is 5.07. The highest BCUT2D eigenvalue weighted by molar-refractivity contribution is 5.50. The summed E-state index contributed by atoms with van der Waals surface area (Å²) in [4.78, 5) is 2.48. The van der Waals surface area contributed by atoms with Crippen LogP contribution >= 0.6 is 0 Å². The van der Waals surface area contributed by atoms with Gasteiger partial charge in [-0.05, 0) is 51.5 Å². The summed E-state index contributed by atoms with van der Waals surface area (Å²) in [5.41, 5.74) is 1.29. The maximum Gasteiger partial charge on any atom is 0.119 e. The molecule has 0 spiro atoms. The maximum absolute atomic E-state index is 5.49. The van der Waals surface area contributed by atoms with Crippen LogP contribution < -0.4 is 15.0 Å². The fourth-order valence-corrected chi connectivity index (χ4v) is 2.42. The van der Waals surface area contributed by atoms with Crippen LogP contribution in [-0.4, -0.2) is 31.8 Å². The van der Waals surface area contributed by atoms with Crippen molar-refractivity contribution in [3.05, 3.63) is 24.3 Å². The van der Waals surface area contributed by atoms with Gasteiger partial charge in [-0.25, -0.2) is 0 Å². The van der Waals surface area contributed by atoms with Crippen molar-refractivity contribution in [2.45, 2.75) is 39.3 Å². The molecule has 1 saturated heterocycles. The van der Waals surface area contributed by atoms with E-state index in [1.165, 1.54) is 12.1 Å². The number of rotatable bonds is 3. The van der Waals surface area contributed by atoms with Crippen LogP contribution in [0.2, 0.25) is 0 Å². The van der Waals surface area contributed by atoms with Gasteiger partial charge in [-0.2, -0.15) is 0 Å². The van der Waals surface area contributed by atoms with Gasteiger partial charge in [-0.3, -0.25) is 0 Å². The van der Waals surface area contributed by atoms with Crippen LogP contribution in [0.1, 0.15) is 27.2 Å². The van der Waals surface area contributed by atoms with E-state index in [-0.39, 0.29) is 0 Å². The van der Waals surface area contributed by atoms with Crippen molar-refractivity contribution in [1.82, 2.24) is 5.32 Å². The Morgan fingerprint density at radius 1 is 1.28 bits per heavy atom. The molecule has 3 nitrogen and oxygen atoms in total. The Morgan fingerprint density at radius 3 is 2.67 bits per heavy atom. The van der Waals surface area contributed by atoms with E-state index >= 15 is 0 Å². The first-order chi connectivity index (χ1) is 8.70. The normalized spacial score (nSPS) is 24.7. The number of benzene rings is 1. The Hall–Kier alpha value is -1.22. The molecule has 3 heteroatoms. The molecule has 1 aliphatic rings. The van der Waals surface area contributed by atoms with Gasteiger partial charge >= 0.3 is 0 Å². The number of hydrogen-bond acceptors (Lipinski definition) is 3. The lowest BCUT2D eigenvalue weighted by Crippen LogP contribution is -2.37. The summed E-state index contributed by atoms with van der Waals surface area (Å²) in [5.74, 6) is 0.954. The second-order valence-corrected chi connectivity index (χ2v) is 5.07. The molecule has 1 aromatic rings. The topological polar surface area (TPSA) is 24.5 Å². The first-order valence-corrected chi connectivity index (χ1v) is 6.93. The van der Waals surface area contributed by atoms with Crippen molar-refractivity contribution in [2.75, 3.05) is 24.6 Å². The lowest BCUT2D eigenvalue weighted by atomic mass is 10.2. The van der Waals surface area contributed by atoms with Crippen LogP contribution in [0.3, 0.4) is 0 Å². The van der Waals surface area contributed by atoms with Gasteiger partial charge in [0, 0.05) is 30.9 Å². The van der Waals surface area contributed by atoms with Gasteiger partial charge in [0.05, 0.1) is 6.61 Å². The Bertz CT molecular complexity index is 363. The predicted octanol–water partition coefficient (Wildman–Crippen LogP) is 2.66. The van der Waals surface area contributed by atoms with E-state index in [4.69, 9.17) is 4.74 Å². The minimum atomic E-state index is 0.535. The molecule has 1 heterocycles. The highest BCUT2D eigenvalue weighted by atomic mass is 16.5. The fourth-order valence-electron chi connectivity index (χ4n) is 2.42. The van der Waals surface area contributed by atoms with Gasteiger partial charge in [0.2, 0.25) is 0 Å². The van der Waals surface area contributed by atoms with Crippen molar-refractivity contribution in [3.8, 4) is 5.75 Å². The number of anilines is 1. The Balaban J connectivity index is 2.09. The maximum atomic E-state index is 5.49. The first kappa shape index (κ1) is 13.2. The van der Waals surface area contributed by atoms with Crippen molar-refractivity contribution in [3.63, 3.8) is 0 Å². The molecule has 2 unspecified atom stereocenters. The minimum absolute atomic E-state index is 0.535. The molecule has 0 aliphatic carbocycles. The van der Waals surface area contributed by atoms with Gasteiger partial charge in [0.25, 0.3) is 0 Å². The van der Waals surface area contributed by atoms with Crippen molar-refractivity contribution in [1.29, 1.82) is 0 Å². The summed E-state index contributed by atoms with van der Waals surface area (Å²) < 4.78 is 5.49. The molecule has 1 aromatic carbocycles. The highest BCUT2D eigenvalue weighted by Gasteiger charge is 2.19. The summed E-state index contributed by atoms with van der Waals surface area (Å²) in [6.07, 6.45) is 1.19. The van der Waals surface area contributed by atoms with Gasteiger partial charge < -0.3 is 15.0 Å². The summed E-state index contributed by atoms with van der Waals surface area (Å²) in [6.45, 7) is 9.44. The summed E-state index contributed by atoms with van der Waals surface area (Å²) in [7, 11) is 0. The zero-order valence-corrected chi connectivity index (χ0v) is 11.6. The largest absolute Gasteiger partial charge is 0.494 e. The van der Waals surface area contributed by atoms with Crippen LogP contribution in [0.5, 0.6) is 5.75 Å². The Morgan fingerprint density at radius 2 is 2.00 bits per heavy atom. The molecule has 2 atom stereocenters. The average molecular weight is 248 g/mol. The van der Waals surface area contributed by atoms with Gasteiger partial charge in [-0.15, -0.1) is 0 Å². The molecule has 0 saturated carbocycles. The molecule has 18 heavy (non-hydrogen) atoms. The van der Waals surface area contributed by atoms with Crippen LogP contribution in [0.4, 0.5) is 5.69 Å². The molecule has 100 valence electrons. The molecular weight excluding hydrogens is 224 g/mol. The van der Waals surface area contributed by atoms with E-state index in [9.17, 15) is 0 Å². The zero-order chi connectivity index (χ0) is 13.0. The van der Waals surface area contributed by atoms with Crippen LogP contribution in [0, 0.1) is 0 Å². The van der Waals surface area contributed by atoms with Crippen LogP contribution in [0.25, 0.3) is 0 Å². The monoisotopic (exact) mass is 248 g/mol. The highest BCUT2D eigenvalue weighted by Crippen LogP contribution is 2.22. The minimum Gasteiger partial charge on any atom is -0.494 e. The average Bonchev–Trinajstić information content (AvgIpc) is 2.54. The third-order valence-electron chi connectivity index (χ3n) is 3.58. The summed E-state index contributed by atoms with van der Waals surface area (Å²) >= 11 is 0. The summed E-state index contributed by atoms with van der Waals surface area (Å²) in [6, 6.07) is 9.60. The number of ether oxygens (including phenoxy) is 1. The molecule has 0 aromatic heterocycles. The molecule has 0 radical (unpaired) electrons. The van der Waals surface area contributed by atoms with Gasteiger partial charge in [-0.1, -0.05) is 0 Å². The molecule has 1 fully saturated rings. The van der Waals surface area contributed by atoms with E-state index in [1.54, 1.807) is 0 Å². The Kier molecular flexibility index (Phi) is 4.48. The number of nitrogens with one attached hydrogen (secondary N) is 1. The van der Waals surface area contributed by atoms with Crippen LogP contribution in [0.15, 0.2) is 24.3 Å². The number of hydrogen-bond donors (Lipinski definition) is 1. The van der Waals surface area contributed by atoms with Gasteiger partial charge in [0.1, 0.15) is 5.75 Å². The molecule has 2 rings (SSSR count). The Labute approximate surface area is 110 Å². The zero-order valence-electron chi connectivity index (χ0n) is 11.6. The smallest absolute Gasteiger partial charge is 0.119 e. The van der Waals surface area contributed by atoms with Crippen molar-refractivity contribution >= 4 is 5.69 Å². The number of nitrogens with zero attached hydrogens (tertiary/aromatic N) is 1. The van der Waals surface area contributed by atoms with Crippen molar-refractivity contribution in [2.24, 2.45) is 0 Å². The van der Waals surface area contributed by atoms with E-state index in [1.807, 2.05) is 6.92 Å². The molecule has 1 aliphatic heterocycles. The summed E-state index contributed by atoms with van der Waals surface area (Å²) in [5, 5.41) is 3.56. The van der Waals surface area contributed by atoms with Crippen molar-refractivity contribution < 1.29 is 4.74 Å². The van der Waals surface area contributed by atoms with E-state index in [0.717, 1.165) is 25.4 Å². The lowest BCUT2D eigenvalue weighted by Gasteiger charge is -2.29. The third-order valence-corrected chi connectivity index (χ3v) is 3.58. The molecule has 0 bridgehead atoms. The predicted molar refractivity (Wildman–Crippen MR) is 76.5 cm³/mol. The van der Waals surface area contributed by atoms with E-state index < -0.39 is 0 Å². The quantitative estimate of drug-likeness (QED) is 0.890. The van der Waals surface area contributed by atoms with E-state index in [2.05, 4.69) is 48.3 Å². The van der Waals surface area contributed by atoms with E-state index in [0.29, 0.717) is 12.1 Å².